The van der Waals surface area contributed by atoms with E-state index < -0.39 is 5.82 Å². The van der Waals surface area contributed by atoms with E-state index in [4.69, 9.17) is 23.2 Å². The predicted octanol–water partition coefficient (Wildman–Crippen LogP) is 5.68. The SMILES string of the molecule is Fc1c(Cl)cccc1C(Br)c1ccc(Cl)s1. The molecule has 2 rings (SSSR count). The number of alkyl halides is 1. The molecule has 1 atom stereocenters. The lowest BCUT2D eigenvalue weighted by atomic mass is 10.1. The van der Waals surface area contributed by atoms with Gasteiger partial charge in [-0.1, -0.05) is 51.3 Å². The standard InChI is InChI=1S/C11H6BrCl2FS/c12-10(8-4-5-9(14)16-8)6-2-1-3-7(13)11(6)15/h1-5,10H. The second-order valence-corrected chi connectivity index (χ2v) is 6.22. The van der Waals surface area contributed by atoms with Crippen LogP contribution in [0.2, 0.25) is 9.36 Å². The molecular formula is C11H6BrCl2FS. The van der Waals surface area contributed by atoms with Crippen LogP contribution in [-0.4, -0.2) is 0 Å². The molecule has 0 fully saturated rings. The first-order chi connectivity index (χ1) is 7.59. The summed E-state index contributed by atoms with van der Waals surface area (Å²) in [5.41, 5.74) is 0.519. The minimum Gasteiger partial charge on any atom is -0.205 e. The second-order valence-electron chi connectivity index (χ2n) is 3.15. The number of rotatable bonds is 2. The summed E-state index contributed by atoms with van der Waals surface area (Å²) in [6.45, 7) is 0. The average molecular weight is 340 g/mol. The average Bonchev–Trinajstić information content (AvgIpc) is 2.68. The van der Waals surface area contributed by atoms with Crippen molar-refractivity contribution in [1.82, 2.24) is 0 Å². The number of hydrogen-bond donors (Lipinski definition) is 0. The van der Waals surface area contributed by atoms with Crippen molar-refractivity contribution in [2.75, 3.05) is 0 Å². The van der Waals surface area contributed by atoms with Crippen LogP contribution in [0.1, 0.15) is 15.3 Å². The zero-order valence-electron chi connectivity index (χ0n) is 7.88. The topological polar surface area (TPSA) is 0 Å². The van der Waals surface area contributed by atoms with Crippen molar-refractivity contribution in [3.05, 3.63) is 55.9 Å². The van der Waals surface area contributed by atoms with Crippen molar-refractivity contribution in [2.45, 2.75) is 4.83 Å². The van der Waals surface area contributed by atoms with Gasteiger partial charge in [0.25, 0.3) is 0 Å². The molecule has 1 unspecified atom stereocenters. The van der Waals surface area contributed by atoms with Crippen molar-refractivity contribution in [3.8, 4) is 0 Å². The van der Waals surface area contributed by atoms with Gasteiger partial charge in [0.2, 0.25) is 0 Å². The van der Waals surface area contributed by atoms with Crippen LogP contribution in [0, 0.1) is 5.82 Å². The van der Waals surface area contributed by atoms with E-state index in [9.17, 15) is 4.39 Å². The van der Waals surface area contributed by atoms with Crippen LogP contribution in [0.3, 0.4) is 0 Å². The number of thiophene rings is 1. The van der Waals surface area contributed by atoms with E-state index in [-0.39, 0.29) is 9.85 Å². The zero-order valence-corrected chi connectivity index (χ0v) is 11.8. The van der Waals surface area contributed by atoms with E-state index in [1.54, 1.807) is 18.2 Å². The summed E-state index contributed by atoms with van der Waals surface area (Å²) in [4.78, 5) is 0.731. The molecule has 0 radical (unpaired) electrons. The van der Waals surface area contributed by atoms with Crippen LogP contribution in [0.25, 0.3) is 0 Å². The van der Waals surface area contributed by atoms with E-state index >= 15 is 0 Å². The molecule has 84 valence electrons. The Morgan fingerprint density at radius 3 is 2.56 bits per heavy atom. The predicted molar refractivity (Wildman–Crippen MR) is 71.5 cm³/mol. The maximum absolute atomic E-state index is 13.8. The molecule has 0 aliphatic rings. The molecule has 0 saturated heterocycles. The first-order valence-corrected chi connectivity index (χ1v) is 6.91. The third-order valence-electron chi connectivity index (χ3n) is 2.10. The zero-order chi connectivity index (χ0) is 11.7. The Hall–Kier alpha value is -0.0900. The van der Waals surface area contributed by atoms with Crippen LogP contribution in [0.15, 0.2) is 30.3 Å². The van der Waals surface area contributed by atoms with E-state index in [2.05, 4.69) is 15.9 Å². The lowest BCUT2D eigenvalue weighted by molar-refractivity contribution is 0.614. The van der Waals surface area contributed by atoms with Gasteiger partial charge in [-0.05, 0) is 18.2 Å². The van der Waals surface area contributed by atoms with Crippen LogP contribution < -0.4 is 0 Å². The monoisotopic (exact) mass is 338 g/mol. The maximum Gasteiger partial charge on any atom is 0.146 e. The molecule has 2 aromatic rings. The van der Waals surface area contributed by atoms with Crippen LogP contribution in [0.4, 0.5) is 4.39 Å². The molecule has 0 N–H and O–H groups in total. The normalized spacial score (nSPS) is 12.8. The van der Waals surface area contributed by atoms with Crippen molar-refractivity contribution in [2.24, 2.45) is 0 Å². The van der Waals surface area contributed by atoms with Crippen molar-refractivity contribution in [1.29, 1.82) is 0 Å². The highest BCUT2D eigenvalue weighted by atomic mass is 79.9. The second kappa shape index (κ2) is 5.05. The quantitative estimate of drug-likeness (QED) is 0.617. The molecular weight excluding hydrogens is 334 g/mol. The van der Waals surface area contributed by atoms with E-state index in [0.29, 0.717) is 9.90 Å². The molecule has 1 heterocycles. The minimum atomic E-state index is -0.393. The summed E-state index contributed by atoms with van der Waals surface area (Å²) >= 11 is 16.4. The van der Waals surface area contributed by atoms with Gasteiger partial charge in [-0.25, -0.2) is 4.39 Å². The number of hydrogen-bond acceptors (Lipinski definition) is 1. The van der Waals surface area contributed by atoms with Crippen molar-refractivity contribution in [3.63, 3.8) is 0 Å². The van der Waals surface area contributed by atoms with Crippen LogP contribution in [-0.2, 0) is 0 Å². The summed E-state index contributed by atoms with van der Waals surface area (Å²) in [5, 5.41) is 0.129. The van der Waals surface area contributed by atoms with Gasteiger partial charge in [0.05, 0.1) is 14.2 Å². The Labute approximate surface area is 115 Å². The Morgan fingerprint density at radius 1 is 1.19 bits per heavy atom. The van der Waals surface area contributed by atoms with E-state index in [0.717, 1.165) is 4.88 Å². The summed E-state index contributed by atoms with van der Waals surface area (Å²) in [6, 6.07) is 8.62. The van der Waals surface area contributed by atoms with Gasteiger partial charge in [0, 0.05) is 10.4 Å². The smallest absolute Gasteiger partial charge is 0.146 e. The Kier molecular flexibility index (Phi) is 3.90. The molecule has 0 saturated carbocycles. The molecule has 0 spiro atoms. The van der Waals surface area contributed by atoms with Crippen LogP contribution >= 0.6 is 50.5 Å². The Balaban J connectivity index is 2.41. The number of benzene rings is 1. The fourth-order valence-corrected chi connectivity index (χ4v) is 3.36. The van der Waals surface area contributed by atoms with Gasteiger partial charge >= 0.3 is 0 Å². The van der Waals surface area contributed by atoms with Gasteiger partial charge in [-0.15, -0.1) is 11.3 Å². The molecule has 0 aliphatic heterocycles. The molecule has 0 bridgehead atoms. The fraction of sp³-hybridized carbons (Fsp3) is 0.0909. The van der Waals surface area contributed by atoms with Gasteiger partial charge in [-0.3, -0.25) is 0 Å². The third kappa shape index (κ3) is 2.43. The summed E-state index contributed by atoms with van der Waals surface area (Å²) in [5.74, 6) is -0.393. The van der Waals surface area contributed by atoms with Crippen molar-refractivity contribution >= 4 is 50.5 Å². The molecule has 5 heteroatoms. The molecule has 1 aromatic heterocycles. The van der Waals surface area contributed by atoms with Crippen molar-refractivity contribution < 1.29 is 4.39 Å². The van der Waals surface area contributed by atoms with Gasteiger partial charge in [0.15, 0.2) is 0 Å². The largest absolute Gasteiger partial charge is 0.205 e. The third-order valence-corrected chi connectivity index (χ3v) is 4.98. The van der Waals surface area contributed by atoms with Gasteiger partial charge < -0.3 is 0 Å². The van der Waals surface area contributed by atoms with Gasteiger partial charge in [0.1, 0.15) is 5.82 Å². The van der Waals surface area contributed by atoms with E-state index in [1.165, 1.54) is 17.4 Å². The first-order valence-electron chi connectivity index (χ1n) is 4.43. The highest BCUT2D eigenvalue weighted by Gasteiger charge is 2.18. The lowest BCUT2D eigenvalue weighted by Crippen LogP contribution is -1.94. The van der Waals surface area contributed by atoms with Gasteiger partial charge in [-0.2, -0.15) is 0 Å². The number of halogens is 4. The maximum atomic E-state index is 13.8. The first kappa shape index (κ1) is 12.4. The highest BCUT2D eigenvalue weighted by Crippen LogP contribution is 2.38. The molecule has 0 nitrogen and oxygen atoms in total. The molecule has 0 aliphatic carbocycles. The fourth-order valence-electron chi connectivity index (χ4n) is 1.33. The lowest BCUT2D eigenvalue weighted by Gasteiger charge is -2.09. The summed E-state index contributed by atoms with van der Waals surface area (Å²) in [6.07, 6.45) is 0. The summed E-state index contributed by atoms with van der Waals surface area (Å²) in [7, 11) is 0. The van der Waals surface area contributed by atoms with Crippen LogP contribution in [0.5, 0.6) is 0 Å². The minimum absolute atomic E-state index is 0.129. The Bertz CT molecular complexity index is 512. The Morgan fingerprint density at radius 2 is 1.94 bits per heavy atom. The highest BCUT2D eigenvalue weighted by molar-refractivity contribution is 9.09. The molecule has 0 amide bonds. The molecule has 16 heavy (non-hydrogen) atoms. The molecule has 1 aromatic carbocycles. The summed E-state index contributed by atoms with van der Waals surface area (Å²) < 4.78 is 14.4. The van der Waals surface area contributed by atoms with E-state index in [1.807, 2.05) is 6.07 Å².